The number of non-ortho nitro benzene ring substituents is 1. The van der Waals surface area contributed by atoms with E-state index in [1.165, 1.54) is 23.5 Å². The number of nitro groups is 1. The maximum absolute atomic E-state index is 12.4. The highest BCUT2D eigenvalue weighted by Crippen LogP contribution is 2.23. The first-order valence-corrected chi connectivity index (χ1v) is 9.20. The molecule has 0 bridgehead atoms. The summed E-state index contributed by atoms with van der Waals surface area (Å²) in [6.45, 7) is 2.16. The maximum Gasteiger partial charge on any atom is 0.269 e. The number of benzene rings is 2. The van der Waals surface area contributed by atoms with Crippen LogP contribution in [-0.2, 0) is 6.61 Å². The number of nitrogens with zero attached hydrogens (tertiary/aromatic N) is 1. The summed E-state index contributed by atoms with van der Waals surface area (Å²) >= 11 is 7.38. The summed E-state index contributed by atoms with van der Waals surface area (Å²) in [4.78, 5) is 23.1. The molecule has 2 aromatic carbocycles. The number of aryl methyl sites for hydroxylation is 1. The lowest BCUT2D eigenvalue weighted by Gasteiger charge is -2.05. The first-order chi connectivity index (χ1) is 12.9. The SMILES string of the molecule is Cc1ccc(NC(=O)c2cc(COc3ccc([N+](=O)[O-])cc3)cs2)cc1Cl. The van der Waals surface area contributed by atoms with E-state index in [-0.39, 0.29) is 18.2 Å². The second-order valence-electron chi connectivity index (χ2n) is 5.78. The number of amides is 1. The van der Waals surface area contributed by atoms with Crippen molar-refractivity contribution in [2.75, 3.05) is 5.32 Å². The van der Waals surface area contributed by atoms with Crippen LogP contribution in [-0.4, -0.2) is 10.8 Å². The summed E-state index contributed by atoms with van der Waals surface area (Å²) in [6, 6.07) is 12.9. The van der Waals surface area contributed by atoms with E-state index in [1.54, 1.807) is 30.3 Å². The molecule has 0 saturated heterocycles. The van der Waals surface area contributed by atoms with Crippen molar-refractivity contribution in [3.8, 4) is 5.75 Å². The molecule has 0 aliphatic heterocycles. The highest BCUT2D eigenvalue weighted by atomic mass is 35.5. The summed E-state index contributed by atoms with van der Waals surface area (Å²) in [6.07, 6.45) is 0. The van der Waals surface area contributed by atoms with Gasteiger partial charge in [-0.15, -0.1) is 11.3 Å². The van der Waals surface area contributed by atoms with E-state index in [4.69, 9.17) is 16.3 Å². The molecular formula is C19H15ClN2O4S. The highest BCUT2D eigenvalue weighted by molar-refractivity contribution is 7.12. The van der Waals surface area contributed by atoms with Crippen LogP contribution >= 0.6 is 22.9 Å². The molecule has 8 heteroatoms. The Hall–Kier alpha value is -2.90. The quantitative estimate of drug-likeness (QED) is 0.439. The minimum atomic E-state index is -0.464. The molecule has 0 spiro atoms. The number of anilines is 1. The molecule has 0 saturated carbocycles. The molecular weight excluding hydrogens is 388 g/mol. The molecule has 0 atom stereocenters. The molecule has 0 unspecified atom stereocenters. The molecule has 1 amide bonds. The average Bonchev–Trinajstić information content (AvgIpc) is 3.12. The first kappa shape index (κ1) is 18.9. The van der Waals surface area contributed by atoms with Crippen molar-refractivity contribution in [2.45, 2.75) is 13.5 Å². The van der Waals surface area contributed by atoms with E-state index in [0.717, 1.165) is 11.1 Å². The van der Waals surface area contributed by atoms with Crippen LogP contribution in [0.4, 0.5) is 11.4 Å². The third-order valence-corrected chi connectivity index (χ3v) is 5.15. The van der Waals surface area contributed by atoms with E-state index in [9.17, 15) is 14.9 Å². The molecule has 0 aliphatic carbocycles. The van der Waals surface area contributed by atoms with Crippen molar-refractivity contribution >= 4 is 40.2 Å². The molecule has 1 heterocycles. The zero-order valence-electron chi connectivity index (χ0n) is 14.3. The van der Waals surface area contributed by atoms with Crippen LogP contribution in [0.15, 0.2) is 53.9 Å². The van der Waals surface area contributed by atoms with Gasteiger partial charge in [0, 0.05) is 28.4 Å². The van der Waals surface area contributed by atoms with E-state index < -0.39 is 4.92 Å². The fourth-order valence-corrected chi connectivity index (χ4v) is 3.24. The van der Waals surface area contributed by atoms with Crippen molar-refractivity contribution in [3.05, 3.63) is 85.1 Å². The van der Waals surface area contributed by atoms with E-state index in [0.29, 0.717) is 21.3 Å². The van der Waals surface area contributed by atoms with Gasteiger partial charge in [0.1, 0.15) is 12.4 Å². The number of carbonyl (C=O) groups excluding carboxylic acids is 1. The number of rotatable bonds is 6. The fraction of sp³-hybridized carbons (Fsp3) is 0.105. The Morgan fingerprint density at radius 1 is 1.22 bits per heavy atom. The van der Waals surface area contributed by atoms with Gasteiger partial charge in [-0.05, 0) is 48.2 Å². The fourth-order valence-electron chi connectivity index (χ4n) is 2.26. The molecule has 0 aliphatic rings. The lowest BCUT2D eigenvalue weighted by atomic mass is 10.2. The molecule has 1 aromatic heterocycles. The number of hydrogen-bond donors (Lipinski definition) is 1. The highest BCUT2D eigenvalue weighted by Gasteiger charge is 2.11. The molecule has 3 aromatic rings. The number of nitro benzene ring substituents is 1. The van der Waals surface area contributed by atoms with Gasteiger partial charge in [-0.3, -0.25) is 14.9 Å². The van der Waals surface area contributed by atoms with E-state index >= 15 is 0 Å². The molecule has 1 N–H and O–H groups in total. The summed E-state index contributed by atoms with van der Waals surface area (Å²) in [5.41, 5.74) is 2.42. The molecule has 0 fully saturated rings. The Kier molecular flexibility index (Phi) is 5.73. The largest absolute Gasteiger partial charge is 0.489 e. The topological polar surface area (TPSA) is 81.5 Å². The van der Waals surface area contributed by atoms with Gasteiger partial charge in [0.2, 0.25) is 0 Å². The van der Waals surface area contributed by atoms with Gasteiger partial charge in [0.25, 0.3) is 11.6 Å². The standard InChI is InChI=1S/C19H15ClN2O4S/c1-12-2-3-14(9-17(12)20)21-19(23)18-8-13(11-27-18)10-26-16-6-4-15(5-7-16)22(24)25/h2-9,11H,10H2,1H3,(H,21,23). The van der Waals surface area contributed by atoms with Crippen LogP contribution in [0.25, 0.3) is 0 Å². The Balaban J connectivity index is 1.59. The van der Waals surface area contributed by atoms with Gasteiger partial charge in [0.15, 0.2) is 0 Å². The molecule has 27 heavy (non-hydrogen) atoms. The average molecular weight is 403 g/mol. The second-order valence-corrected chi connectivity index (χ2v) is 7.10. The number of thiophene rings is 1. The van der Waals surface area contributed by atoms with Crippen LogP contribution < -0.4 is 10.1 Å². The summed E-state index contributed by atoms with van der Waals surface area (Å²) < 4.78 is 5.60. The van der Waals surface area contributed by atoms with Gasteiger partial charge >= 0.3 is 0 Å². The van der Waals surface area contributed by atoms with Crippen LogP contribution in [0, 0.1) is 17.0 Å². The van der Waals surface area contributed by atoms with E-state index in [2.05, 4.69) is 5.32 Å². The lowest BCUT2D eigenvalue weighted by molar-refractivity contribution is -0.384. The first-order valence-electron chi connectivity index (χ1n) is 7.94. The third-order valence-electron chi connectivity index (χ3n) is 3.76. The zero-order valence-corrected chi connectivity index (χ0v) is 15.8. The van der Waals surface area contributed by atoms with E-state index in [1.807, 2.05) is 18.4 Å². The summed E-state index contributed by atoms with van der Waals surface area (Å²) in [5, 5.41) is 15.9. The van der Waals surface area contributed by atoms with Crippen molar-refractivity contribution < 1.29 is 14.5 Å². The zero-order chi connectivity index (χ0) is 19.4. The predicted octanol–water partition coefficient (Wildman–Crippen LogP) is 5.45. The van der Waals surface area contributed by atoms with Gasteiger partial charge in [-0.1, -0.05) is 17.7 Å². The molecule has 0 radical (unpaired) electrons. The van der Waals surface area contributed by atoms with Crippen LogP contribution in [0.2, 0.25) is 5.02 Å². The molecule has 138 valence electrons. The lowest BCUT2D eigenvalue weighted by Crippen LogP contribution is -2.10. The minimum Gasteiger partial charge on any atom is -0.489 e. The van der Waals surface area contributed by atoms with Crippen molar-refractivity contribution in [2.24, 2.45) is 0 Å². The van der Waals surface area contributed by atoms with Gasteiger partial charge in [0.05, 0.1) is 9.80 Å². The normalized spacial score (nSPS) is 10.4. The third kappa shape index (κ3) is 4.84. The summed E-state index contributed by atoms with van der Waals surface area (Å²) in [7, 11) is 0. The Bertz CT molecular complexity index is 986. The minimum absolute atomic E-state index is 0.00745. The Morgan fingerprint density at radius 2 is 1.96 bits per heavy atom. The number of hydrogen-bond acceptors (Lipinski definition) is 5. The van der Waals surface area contributed by atoms with Gasteiger partial charge in [-0.2, -0.15) is 0 Å². The van der Waals surface area contributed by atoms with Crippen LogP contribution in [0.5, 0.6) is 5.75 Å². The van der Waals surface area contributed by atoms with Gasteiger partial charge in [-0.25, -0.2) is 0 Å². The molecule has 3 rings (SSSR count). The molecule has 6 nitrogen and oxygen atoms in total. The van der Waals surface area contributed by atoms with Crippen molar-refractivity contribution in [1.82, 2.24) is 0 Å². The van der Waals surface area contributed by atoms with Gasteiger partial charge < -0.3 is 10.1 Å². The van der Waals surface area contributed by atoms with Crippen molar-refractivity contribution in [1.29, 1.82) is 0 Å². The summed E-state index contributed by atoms with van der Waals surface area (Å²) in [5.74, 6) is 0.300. The monoisotopic (exact) mass is 402 g/mol. The van der Waals surface area contributed by atoms with Crippen LogP contribution in [0.1, 0.15) is 20.8 Å². The predicted molar refractivity (Wildman–Crippen MR) is 106 cm³/mol. The maximum atomic E-state index is 12.4. The Labute approximate surface area is 164 Å². The smallest absolute Gasteiger partial charge is 0.269 e. The van der Waals surface area contributed by atoms with Crippen molar-refractivity contribution in [3.63, 3.8) is 0 Å². The number of halogens is 1. The second kappa shape index (κ2) is 8.20. The number of ether oxygens (including phenoxy) is 1. The number of carbonyl (C=O) groups is 1. The van der Waals surface area contributed by atoms with Crippen LogP contribution in [0.3, 0.4) is 0 Å². The number of nitrogens with one attached hydrogen (secondary N) is 1. The Morgan fingerprint density at radius 3 is 2.63 bits per heavy atom.